The number of carbonyl (C=O) groups is 1. The van der Waals surface area contributed by atoms with Gasteiger partial charge >= 0.3 is 0 Å². The monoisotopic (exact) mass is 301 g/mol. The third-order valence-electron chi connectivity index (χ3n) is 5.03. The van der Waals surface area contributed by atoms with Crippen molar-refractivity contribution in [2.75, 3.05) is 31.9 Å². The Bertz CT molecular complexity index is 503. The summed E-state index contributed by atoms with van der Waals surface area (Å²) >= 11 is 0. The van der Waals surface area contributed by atoms with Crippen LogP contribution in [-0.2, 0) is 11.2 Å². The minimum Gasteiger partial charge on any atom is -0.399 e. The molecule has 1 amide bonds. The molecule has 2 fully saturated rings. The molecule has 0 saturated carbocycles. The molecule has 0 bridgehead atoms. The maximum atomic E-state index is 12.4. The van der Waals surface area contributed by atoms with Crippen molar-refractivity contribution in [1.82, 2.24) is 9.80 Å². The summed E-state index contributed by atoms with van der Waals surface area (Å²) in [5.74, 6) is 0.239. The lowest BCUT2D eigenvalue weighted by Gasteiger charge is -2.40. The number of rotatable bonds is 3. The first kappa shape index (κ1) is 15.3. The first-order valence-corrected chi connectivity index (χ1v) is 8.58. The van der Waals surface area contributed by atoms with E-state index in [4.69, 9.17) is 5.73 Å². The number of benzene rings is 1. The van der Waals surface area contributed by atoms with Crippen LogP contribution < -0.4 is 5.73 Å². The highest BCUT2D eigenvalue weighted by Gasteiger charge is 2.27. The average molecular weight is 301 g/mol. The average Bonchev–Trinajstić information content (AvgIpc) is 2.56. The Balaban J connectivity index is 1.49. The number of anilines is 1. The summed E-state index contributed by atoms with van der Waals surface area (Å²) in [7, 11) is 0. The molecule has 3 rings (SSSR count). The smallest absolute Gasteiger partial charge is 0.226 e. The Morgan fingerprint density at radius 2 is 1.82 bits per heavy atom. The van der Waals surface area contributed by atoms with Gasteiger partial charge in [0.25, 0.3) is 0 Å². The number of carbonyl (C=O) groups excluding carboxylic acids is 1. The van der Waals surface area contributed by atoms with Crippen LogP contribution in [0.3, 0.4) is 0 Å². The van der Waals surface area contributed by atoms with Gasteiger partial charge in [-0.2, -0.15) is 0 Å². The van der Waals surface area contributed by atoms with Gasteiger partial charge in [0.2, 0.25) is 5.91 Å². The van der Waals surface area contributed by atoms with E-state index < -0.39 is 0 Å². The van der Waals surface area contributed by atoms with E-state index in [0.29, 0.717) is 12.5 Å². The van der Waals surface area contributed by atoms with Gasteiger partial charge in [0.05, 0.1) is 6.42 Å². The summed E-state index contributed by atoms with van der Waals surface area (Å²) in [6.07, 6.45) is 6.79. The molecule has 2 aliphatic heterocycles. The minimum absolute atomic E-state index is 0.239. The van der Waals surface area contributed by atoms with Crippen molar-refractivity contribution < 1.29 is 4.79 Å². The van der Waals surface area contributed by atoms with Crippen molar-refractivity contribution in [2.45, 2.75) is 44.6 Å². The van der Waals surface area contributed by atoms with Crippen molar-refractivity contribution in [2.24, 2.45) is 0 Å². The van der Waals surface area contributed by atoms with Crippen LogP contribution in [0.25, 0.3) is 0 Å². The number of amides is 1. The van der Waals surface area contributed by atoms with Gasteiger partial charge < -0.3 is 15.5 Å². The van der Waals surface area contributed by atoms with Gasteiger partial charge in [0.15, 0.2) is 0 Å². The SMILES string of the molecule is Nc1cccc(CC(=O)N2CCC(N3CCCCC3)CC2)c1. The molecule has 0 unspecified atom stereocenters. The van der Waals surface area contributed by atoms with E-state index in [2.05, 4.69) is 4.90 Å². The van der Waals surface area contributed by atoms with E-state index in [-0.39, 0.29) is 5.91 Å². The minimum atomic E-state index is 0.239. The Kier molecular flexibility index (Phi) is 4.98. The summed E-state index contributed by atoms with van der Waals surface area (Å²) in [5, 5.41) is 0. The molecule has 4 heteroatoms. The zero-order valence-electron chi connectivity index (χ0n) is 13.3. The number of nitrogens with two attached hydrogens (primary N) is 1. The molecule has 2 N–H and O–H groups in total. The standard InChI is InChI=1S/C18H27N3O/c19-16-6-4-5-15(13-16)14-18(22)21-11-7-17(8-12-21)20-9-2-1-3-10-20/h4-6,13,17H,1-3,7-12,14,19H2. The normalized spacial score (nSPS) is 21.0. The molecule has 0 atom stereocenters. The second-order valence-corrected chi connectivity index (χ2v) is 6.63. The van der Waals surface area contributed by atoms with E-state index in [1.165, 1.54) is 32.4 Å². The van der Waals surface area contributed by atoms with Crippen LogP contribution >= 0.6 is 0 Å². The maximum absolute atomic E-state index is 12.4. The quantitative estimate of drug-likeness (QED) is 0.872. The number of nitrogen functional groups attached to an aromatic ring is 1. The van der Waals surface area contributed by atoms with Crippen LogP contribution in [0.15, 0.2) is 24.3 Å². The fraction of sp³-hybridized carbons (Fsp3) is 0.611. The molecule has 2 aliphatic rings. The van der Waals surface area contributed by atoms with Crippen molar-refractivity contribution in [1.29, 1.82) is 0 Å². The third-order valence-corrected chi connectivity index (χ3v) is 5.03. The predicted octanol–water partition coefficient (Wildman–Crippen LogP) is 2.29. The van der Waals surface area contributed by atoms with Gasteiger partial charge in [-0.3, -0.25) is 4.79 Å². The fourth-order valence-corrected chi connectivity index (χ4v) is 3.75. The zero-order valence-corrected chi connectivity index (χ0v) is 13.3. The number of nitrogens with zero attached hydrogens (tertiary/aromatic N) is 2. The molecule has 1 aromatic rings. The highest BCUT2D eigenvalue weighted by atomic mass is 16.2. The molecule has 0 radical (unpaired) electrons. The summed E-state index contributed by atoms with van der Waals surface area (Å²) in [4.78, 5) is 17.1. The second kappa shape index (κ2) is 7.14. The van der Waals surface area contributed by atoms with E-state index in [0.717, 1.165) is 37.2 Å². The van der Waals surface area contributed by atoms with Gasteiger partial charge in [-0.25, -0.2) is 0 Å². The summed E-state index contributed by atoms with van der Waals surface area (Å²) < 4.78 is 0. The lowest BCUT2D eigenvalue weighted by Crippen LogP contribution is -2.48. The van der Waals surface area contributed by atoms with Crippen molar-refractivity contribution in [3.8, 4) is 0 Å². The Labute approximate surface area is 133 Å². The molecule has 0 aliphatic carbocycles. The molecule has 4 nitrogen and oxygen atoms in total. The van der Waals surface area contributed by atoms with Crippen molar-refractivity contribution in [3.05, 3.63) is 29.8 Å². The number of hydrogen-bond acceptors (Lipinski definition) is 3. The third kappa shape index (κ3) is 3.80. The molecule has 120 valence electrons. The first-order chi connectivity index (χ1) is 10.7. The highest BCUT2D eigenvalue weighted by Crippen LogP contribution is 2.21. The van der Waals surface area contributed by atoms with Crippen LogP contribution in [-0.4, -0.2) is 47.9 Å². The Hall–Kier alpha value is -1.55. The molecule has 2 heterocycles. The summed E-state index contributed by atoms with van der Waals surface area (Å²) in [5.41, 5.74) is 7.53. The number of hydrogen-bond donors (Lipinski definition) is 1. The van der Waals surface area contributed by atoms with Crippen LogP contribution in [0.1, 0.15) is 37.7 Å². The first-order valence-electron chi connectivity index (χ1n) is 8.58. The number of piperidine rings is 2. The Morgan fingerprint density at radius 1 is 1.09 bits per heavy atom. The van der Waals surface area contributed by atoms with Gasteiger partial charge in [0, 0.05) is 24.8 Å². The predicted molar refractivity (Wildman–Crippen MR) is 89.6 cm³/mol. The van der Waals surface area contributed by atoms with E-state index >= 15 is 0 Å². The van der Waals surface area contributed by atoms with E-state index in [9.17, 15) is 4.79 Å². The second-order valence-electron chi connectivity index (χ2n) is 6.63. The highest BCUT2D eigenvalue weighted by molar-refractivity contribution is 5.79. The van der Waals surface area contributed by atoms with E-state index in [1.54, 1.807) is 0 Å². The van der Waals surface area contributed by atoms with Crippen molar-refractivity contribution in [3.63, 3.8) is 0 Å². The van der Waals surface area contributed by atoms with E-state index in [1.807, 2.05) is 29.2 Å². The number of likely N-dealkylation sites (tertiary alicyclic amines) is 2. The molecule has 2 saturated heterocycles. The van der Waals surface area contributed by atoms with Gasteiger partial charge in [-0.15, -0.1) is 0 Å². The maximum Gasteiger partial charge on any atom is 0.226 e. The van der Waals surface area contributed by atoms with Gasteiger partial charge in [-0.05, 0) is 56.5 Å². The molecule has 0 spiro atoms. The summed E-state index contributed by atoms with van der Waals surface area (Å²) in [6, 6.07) is 8.35. The van der Waals surface area contributed by atoms with Crippen LogP contribution in [0.5, 0.6) is 0 Å². The van der Waals surface area contributed by atoms with Gasteiger partial charge in [0.1, 0.15) is 0 Å². The van der Waals surface area contributed by atoms with Crippen LogP contribution in [0.4, 0.5) is 5.69 Å². The molecule has 0 aromatic heterocycles. The molecular formula is C18H27N3O. The molecule has 22 heavy (non-hydrogen) atoms. The summed E-state index contributed by atoms with van der Waals surface area (Å²) in [6.45, 7) is 4.31. The lowest BCUT2D eigenvalue weighted by molar-refractivity contribution is -0.132. The Morgan fingerprint density at radius 3 is 2.50 bits per heavy atom. The largest absolute Gasteiger partial charge is 0.399 e. The van der Waals surface area contributed by atoms with Gasteiger partial charge in [-0.1, -0.05) is 18.6 Å². The lowest BCUT2D eigenvalue weighted by atomic mass is 9.99. The van der Waals surface area contributed by atoms with Crippen molar-refractivity contribution >= 4 is 11.6 Å². The van der Waals surface area contributed by atoms with Crippen LogP contribution in [0.2, 0.25) is 0 Å². The fourth-order valence-electron chi connectivity index (χ4n) is 3.75. The molecule has 1 aromatic carbocycles. The zero-order chi connectivity index (χ0) is 15.4. The topological polar surface area (TPSA) is 49.6 Å². The molecular weight excluding hydrogens is 274 g/mol. The van der Waals surface area contributed by atoms with Crippen LogP contribution in [0, 0.1) is 0 Å².